The van der Waals surface area contributed by atoms with E-state index in [-0.39, 0.29) is 11.8 Å². The van der Waals surface area contributed by atoms with Crippen LogP contribution >= 0.6 is 11.6 Å². The van der Waals surface area contributed by atoms with Crippen LogP contribution in [-0.2, 0) is 0 Å². The number of anilines is 2. The molecule has 0 saturated heterocycles. The number of aliphatic hydroxyl groups is 1. The third-order valence-electron chi connectivity index (χ3n) is 3.52. The molecule has 1 atom stereocenters. The zero-order chi connectivity index (χ0) is 16.8. The van der Waals surface area contributed by atoms with Crippen LogP contribution in [-0.4, -0.2) is 29.5 Å². The largest absolute Gasteiger partial charge is 0.390 e. The van der Waals surface area contributed by atoms with Crippen LogP contribution in [0.15, 0.2) is 42.5 Å². The van der Waals surface area contributed by atoms with Crippen LogP contribution in [0.25, 0.3) is 0 Å². The Morgan fingerprint density at radius 1 is 1.17 bits per heavy atom. The lowest BCUT2D eigenvalue weighted by atomic mass is 10.1. The molecule has 0 heterocycles. The number of rotatable bonds is 6. The summed E-state index contributed by atoms with van der Waals surface area (Å²) in [5, 5.41) is 15.6. The van der Waals surface area contributed by atoms with Gasteiger partial charge in [-0.25, -0.2) is 0 Å². The first-order valence-corrected chi connectivity index (χ1v) is 8.00. The molecule has 122 valence electrons. The molecule has 0 fully saturated rings. The first-order valence-electron chi connectivity index (χ1n) is 7.47. The average Bonchev–Trinajstić information content (AvgIpc) is 2.54. The molecule has 5 heteroatoms. The lowest BCUT2D eigenvalue weighted by molar-refractivity contribution is 0.102. The summed E-state index contributed by atoms with van der Waals surface area (Å²) in [6.45, 7) is 4.19. The smallest absolute Gasteiger partial charge is 0.255 e. The first kappa shape index (κ1) is 17.3. The lowest BCUT2D eigenvalue weighted by Gasteiger charge is -2.16. The van der Waals surface area contributed by atoms with Crippen molar-refractivity contribution >= 4 is 28.9 Å². The Labute approximate surface area is 141 Å². The number of amides is 1. The Morgan fingerprint density at radius 2 is 1.91 bits per heavy atom. The molecule has 0 bridgehead atoms. The molecule has 0 aromatic heterocycles. The predicted octanol–water partition coefficient (Wildman–Crippen LogP) is 3.57. The molecule has 0 saturated carbocycles. The number of benzene rings is 2. The normalized spacial score (nSPS) is 11.8. The van der Waals surface area contributed by atoms with E-state index in [1.54, 1.807) is 6.07 Å². The van der Waals surface area contributed by atoms with Crippen molar-refractivity contribution in [2.75, 3.05) is 23.1 Å². The third kappa shape index (κ3) is 4.71. The number of hydrogen-bond acceptors (Lipinski definition) is 3. The van der Waals surface area contributed by atoms with Gasteiger partial charge in [0.2, 0.25) is 0 Å². The van der Waals surface area contributed by atoms with Crippen molar-refractivity contribution in [3.05, 3.63) is 59.2 Å². The van der Waals surface area contributed by atoms with Gasteiger partial charge in [0, 0.05) is 12.1 Å². The summed E-state index contributed by atoms with van der Waals surface area (Å²) in [5.74, 6) is -0.00289. The maximum atomic E-state index is 12.5. The number of aliphatic hydroxyl groups excluding tert-OH is 1. The molecule has 0 radical (unpaired) electrons. The Balaban J connectivity index is 2.19. The van der Waals surface area contributed by atoms with E-state index >= 15 is 0 Å². The molecule has 23 heavy (non-hydrogen) atoms. The number of carbonyl (C=O) groups is 1. The SMILES string of the molecule is Cc1ccc(NC(=O)c2ccccc2C)c(NCC(O)CCl)c1. The summed E-state index contributed by atoms with van der Waals surface area (Å²) in [6.07, 6.45) is -0.642. The standard InChI is InChI=1S/C18H21ClN2O2/c1-12-7-8-16(17(9-12)20-11-14(22)10-19)21-18(23)15-6-4-3-5-13(15)2/h3-9,14,20,22H,10-11H2,1-2H3,(H,21,23). The fourth-order valence-electron chi connectivity index (χ4n) is 2.21. The van der Waals surface area contributed by atoms with E-state index in [4.69, 9.17) is 11.6 Å². The fourth-order valence-corrected chi connectivity index (χ4v) is 2.32. The summed E-state index contributed by atoms with van der Waals surface area (Å²) in [6, 6.07) is 13.1. The van der Waals surface area contributed by atoms with E-state index in [1.807, 2.05) is 50.2 Å². The van der Waals surface area contributed by atoms with Crippen molar-refractivity contribution in [3.8, 4) is 0 Å². The van der Waals surface area contributed by atoms with Gasteiger partial charge in [-0.3, -0.25) is 4.79 Å². The van der Waals surface area contributed by atoms with Gasteiger partial charge in [-0.1, -0.05) is 24.3 Å². The minimum atomic E-state index is -0.642. The highest BCUT2D eigenvalue weighted by Gasteiger charge is 2.12. The van der Waals surface area contributed by atoms with Gasteiger partial charge < -0.3 is 15.7 Å². The zero-order valence-electron chi connectivity index (χ0n) is 13.3. The number of alkyl halides is 1. The number of hydrogen-bond donors (Lipinski definition) is 3. The summed E-state index contributed by atoms with van der Waals surface area (Å²) in [7, 11) is 0. The highest BCUT2D eigenvalue weighted by Crippen LogP contribution is 2.24. The van der Waals surface area contributed by atoms with Gasteiger partial charge in [0.1, 0.15) is 0 Å². The van der Waals surface area contributed by atoms with E-state index in [2.05, 4.69) is 10.6 Å². The Kier molecular flexibility index (Phi) is 6.02. The lowest BCUT2D eigenvalue weighted by Crippen LogP contribution is -2.22. The Bertz CT molecular complexity index is 688. The molecule has 0 aliphatic heterocycles. The van der Waals surface area contributed by atoms with E-state index in [1.165, 1.54) is 0 Å². The molecule has 1 amide bonds. The molecule has 1 unspecified atom stereocenters. The van der Waals surface area contributed by atoms with Crippen molar-refractivity contribution in [3.63, 3.8) is 0 Å². The van der Waals surface area contributed by atoms with Gasteiger partial charge in [-0.05, 0) is 43.2 Å². The van der Waals surface area contributed by atoms with Crippen molar-refractivity contribution in [2.45, 2.75) is 20.0 Å². The third-order valence-corrected chi connectivity index (χ3v) is 3.88. The highest BCUT2D eigenvalue weighted by molar-refractivity contribution is 6.18. The maximum Gasteiger partial charge on any atom is 0.255 e. The Hall–Kier alpha value is -2.04. The van der Waals surface area contributed by atoms with E-state index in [0.717, 1.165) is 16.8 Å². The van der Waals surface area contributed by atoms with Crippen LogP contribution in [0.4, 0.5) is 11.4 Å². The van der Waals surface area contributed by atoms with Crippen molar-refractivity contribution in [1.29, 1.82) is 0 Å². The summed E-state index contributed by atoms with van der Waals surface area (Å²) in [5.41, 5.74) is 4.05. The van der Waals surface area contributed by atoms with Crippen molar-refractivity contribution in [2.24, 2.45) is 0 Å². The van der Waals surface area contributed by atoms with Crippen molar-refractivity contribution < 1.29 is 9.90 Å². The van der Waals surface area contributed by atoms with Crippen LogP contribution in [0.5, 0.6) is 0 Å². The quantitative estimate of drug-likeness (QED) is 0.709. The molecule has 0 spiro atoms. The highest BCUT2D eigenvalue weighted by atomic mass is 35.5. The van der Waals surface area contributed by atoms with Gasteiger partial charge in [-0.15, -0.1) is 11.6 Å². The van der Waals surface area contributed by atoms with Crippen molar-refractivity contribution in [1.82, 2.24) is 0 Å². The second kappa shape index (κ2) is 7.99. The molecular formula is C18H21ClN2O2. The number of halogens is 1. The van der Waals surface area contributed by atoms with Crippen LogP contribution in [0.2, 0.25) is 0 Å². The summed E-state index contributed by atoms with van der Waals surface area (Å²) >= 11 is 5.61. The molecule has 3 N–H and O–H groups in total. The minimum absolute atomic E-state index is 0.156. The van der Waals surface area contributed by atoms with Gasteiger partial charge >= 0.3 is 0 Å². The van der Waals surface area contributed by atoms with E-state index in [9.17, 15) is 9.90 Å². The number of aryl methyl sites for hydroxylation is 2. The van der Waals surface area contributed by atoms with Gasteiger partial charge in [-0.2, -0.15) is 0 Å². The van der Waals surface area contributed by atoms with Crippen LogP contribution in [0.1, 0.15) is 21.5 Å². The molecule has 2 rings (SSSR count). The molecule has 4 nitrogen and oxygen atoms in total. The van der Waals surface area contributed by atoms with E-state index < -0.39 is 6.10 Å². The van der Waals surface area contributed by atoms with Crippen LogP contribution < -0.4 is 10.6 Å². The summed E-state index contributed by atoms with van der Waals surface area (Å²) in [4.78, 5) is 12.5. The molecular weight excluding hydrogens is 312 g/mol. The first-order chi connectivity index (χ1) is 11.0. The van der Waals surface area contributed by atoms with Crippen LogP contribution in [0, 0.1) is 13.8 Å². The Morgan fingerprint density at radius 3 is 2.61 bits per heavy atom. The monoisotopic (exact) mass is 332 g/mol. The van der Waals surface area contributed by atoms with E-state index in [0.29, 0.717) is 17.8 Å². The number of nitrogens with one attached hydrogen (secondary N) is 2. The second-order valence-electron chi connectivity index (χ2n) is 5.51. The van der Waals surface area contributed by atoms with Gasteiger partial charge in [0.25, 0.3) is 5.91 Å². The van der Waals surface area contributed by atoms with Gasteiger partial charge in [0.05, 0.1) is 23.4 Å². The fraction of sp³-hybridized carbons (Fsp3) is 0.278. The van der Waals surface area contributed by atoms with Crippen LogP contribution in [0.3, 0.4) is 0 Å². The maximum absolute atomic E-state index is 12.5. The molecule has 0 aliphatic rings. The van der Waals surface area contributed by atoms with Gasteiger partial charge in [0.15, 0.2) is 0 Å². The topological polar surface area (TPSA) is 61.4 Å². The predicted molar refractivity (Wildman–Crippen MR) is 95.5 cm³/mol. The average molecular weight is 333 g/mol. The number of carbonyl (C=O) groups excluding carboxylic acids is 1. The molecule has 2 aromatic rings. The molecule has 2 aromatic carbocycles. The zero-order valence-corrected chi connectivity index (χ0v) is 14.0. The summed E-state index contributed by atoms with van der Waals surface area (Å²) < 4.78 is 0. The molecule has 0 aliphatic carbocycles. The second-order valence-corrected chi connectivity index (χ2v) is 5.82. The minimum Gasteiger partial charge on any atom is -0.390 e.